The number of allylic oxidation sites excluding steroid dienone is 1. The van der Waals surface area contributed by atoms with Gasteiger partial charge < -0.3 is 9.84 Å². The number of aliphatic carboxylic acids is 1. The van der Waals surface area contributed by atoms with E-state index in [9.17, 15) is 18.3 Å². The van der Waals surface area contributed by atoms with Crippen molar-refractivity contribution in [2.75, 3.05) is 0 Å². The monoisotopic (exact) mass is 582 g/mol. The van der Waals surface area contributed by atoms with Crippen LogP contribution in [0.25, 0.3) is 0 Å². The van der Waals surface area contributed by atoms with Gasteiger partial charge in [0.15, 0.2) is 0 Å². The highest BCUT2D eigenvalue weighted by molar-refractivity contribution is 9.10. The normalized spacial score (nSPS) is 24.8. The summed E-state index contributed by atoms with van der Waals surface area (Å²) in [5, 5.41) is 8.68. The van der Waals surface area contributed by atoms with Crippen molar-refractivity contribution in [3.8, 4) is 5.75 Å². The summed E-state index contributed by atoms with van der Waals surface area (Å²) in [6.45, 7) is 7.79. The molecule has 0 saturated heterocycles. The number of benzene rings is 2. The number of hydrogen-bond donors (Lipinski definition) is 3. The van der Waals surface area contributed by atoms with E-state index in [0.29, 0.717) is 9.37 Å². The molecule has 1 aliphatic heterocycles. The Morgan fingerprint density at radius 3 is 2.42 bits per heavy atom. The third kappa shape index (κ3) is 5.52. The third-order valence-electron chi connectivity index (χ3n) is 7.65. The molecule has 1 aliphatic rings. The number of carboxylic acids is 1. The number of ether oxygens (including phenoxy) is 1. The molecular formula is C28H36BrFO5S. The molecule has 3 atom stereocenters. The van der Waals surface area contributed by atoms with Crippen LogP contribution >= 0.6 is 26.5 Å². The van der Waals surface area contributed by atoms with Gasteiger partial charge in [0.1, 0.15) is 11.5 Å². The Morgan fingerprint density at radius 2 is 1.86 bits per heavy atom. The molecule has 0 bridgehead atoms. The second-order valence-electron chi connectivity index (χ2n) is 9.54. The van der Waals surface area contributed by atoms with E-state index in [-0.39, 0.29) is 29.3 Å². The molecule has 3 unspecified atom stereocenters. The zero-order valence-corrected chi connectivity index (χ0v) is 23.7. The van der Waals surface area contributed by atoms with Crippen LogP contribution in [0.2, 0.25) is 0 Å². The highest BCUT2D eigenvalue weighted by Crippen LogP contribution is 2.67. The quantitative estimate of drug-likeness (QED) is 0.202. The summed E-state index contributed by atoms with van der Waals surface area (Å²) in [6, 6.07) is 13.4. The lowest BCUT2D eigenvalue weighted by atomic mass is 9.69. The van der Waals surface area contributed by atoms with Crippen LogP contribution in [0, 0.1) is 5.41 Å². The average molecular weight is 584 g/mol. The second kappa shape index (κ2) is 11.7. The first-order valence-corrected chi connectivity index (χ1v) is 14.9. The number of halogens is 2. The first kappa shape index (κ1) is 28.7. The molecule has 0 aromatic heterocycles. The van der Waals surface area contributed by atoms with Gasteiger partial charge in [-0.15, -0.1) is 0 Å². The summed E-state index contributed by atoms with van der Waals surface area (Å²) in [6.07, 6.45) is 4.48. The fourth-order valence-electron chi connectivity index (χ4n) is 5.33. The van der Waals surface area contributed by atoms with E-state index in [0.717, 1.165) is 43.2 Å². The Hall–Kier alpha value is -1.87. The van der Waals surface area contributed by atoms with Crippen LogP contribution < -0.4 is 4.74 Å². The molecule has 0 amide bonds. The lowest BCUT2D eigenvalue weighted by molar-refractivity contribution is -0.134. The maximum Gasteiger partial charge on any atom is 0.368 e. The van der Waals surface area contributed by atoms with Gasteiger partial charge in [-0.2, -0.15) is 15.0 Å². The maximum atomic E-state index is 14.2. The van der Waals surface area contributed by atoms with Crippen LogP contribution in [0.3, 0.4) is 0 Å². The first-order chi connectivity index (χ1) is 17.0. The van der Waals surface area contributed by atoms with Crippen LogP contribution in [0.4, 0.5) is 4.39 Å². The van der Waals surface area contributed by atoms with Gasteiger partial charge in [0.2, 0.25) is 5.83 Å². The van der Waals surface area contributed by atoms with E-state index in [1.54, 1.807) is 13.0 Å². The Labute approximate surface area is 223 Å². The standard InChI is InChI=1S/C28H36BrFO5S/c1-5-8-14-28(7-3)17-21(19-12-10-9-11-13-19)20-15-22(29)24(16-25(20)36(33,34)18(28)4)35-23(6-2)26(30)27(31)32/h9-13,15-16,18,21,33-34H,5-8,14,17H2,1-4H3,(H,31,32)/b26-23-. The third-order valence-corrected chi connectivity index (χ3v) is 10.8. The van der Waals surface area contributed by atoms with Crippen LogP contribution in [0.1, 0.15) is 83.3 Å². The molecule has 198 valence electrons. The molecule has 0 fully saturated rings. The van der Waals surface area contributed by atoms with Crippen molar-refractivity contribution in [1.29, 1.82) is 0 Å². The van der Waals surface area contributed by atoms with Crippen LogP contribution in [0.5, 0.6) is 5.75 Å². The molecule has 36 heavy (non-hydrogen) atoms. The van der Waals surface area contributed by atoms with Crippen molar-refractivity contribution in [3.05, 3.63) is 69.7 Å². The number of fused-ring (bicyclic) bond motifs is 1. The number of unbranched alkanes of at least 4 members (excludes halogenated alkanes) is 1. The van der Waals surface area contributed by atoms with Crippen molar-refractivity contribution in [1.82, 2.24) is 0 Å². The topological polar surface area (TPSA) is 87.0 Å². The lowest BCUT2D eigenvalue weighted by Gasteiger charge is -2.48. The Morgan fingerprint density at radius 1 is 1.19 bits per heavy atom. The van der Waals surface area contributed by atoms with E-state index < -0.39 is 27.6 Å². The number of rotatable bonds is 9. The minimum absolute atomic E-state index is 0.0247. The molecular weight excluding hydrogens is 547 g/mol. The van der Waals surface area contributed by atoms with E-state index in [4.69, 9.17) is 9.84 Å². The minimum atomic E-state index is -3.29. The molecule has 0 spiro atoms. The van der Waals surface area contributed by atoms with Crippen molar-refractivity contribution in [2.24, 2.45) is 5.41 Å². The largest absolute Gasteiger partial charge is 0.476 e. The molecule has 3 rings (SSSR count). The van der Waals surface area contributed by atoms with E-state index in [1.807, 2.05) is 31.2 Å². The van der Waals surface area contributed by atoms with Gasteiger partial charge in [0.25, 0.3) is 0 Å². The fourth-order valence-corrected chi connectivity index (χ4v) is 8.06. The van der Waals surface area contributed by atoms with Gasteiger partial charge in [0, 0.05) is 18.4 Å². The zero-order valence-electron chi connectivity index (χ0n) is 21.3. The smallest absolute Gasteiger partial charge is 0.368 e. The predicted molar refractivity (Wildman–Crippen MR) is 147 cm³/mol. The van der Waals surface area contributed by atoms with Crippen molar-refractivity contribution in [3.63, 3.8) is 0 Å². The number of hydrogen-bond acceptors (Lipinski definition) is 4. The SMILES string of the molecule is CCCCC1(CC)CC(c2ccccc2)c2cc(Br)c(O/C(CC)=C(\F)C(=O)O)cc2S(O)(O)C1C. The molecule has 0 saturated carbocycles. The van der Waals surface area contributed by atoms with Gasteiger partial charge in [0.05, 0.1) is 14.6 Å². The lowest BCUT2D eigenvalue weighted by Crippen LogP contribution is -2.36. The summed E-state index contributed by atoms with van der Waals surface area (Å²) < 4.78 is 44.0. The number of carbonyl (C=O) groups is 1. The molecule has 0 aliphatic carbocycles. The summed E-state index contributed by atoms with van der Waals surface area (Å²) in [7, 11) is -3.29. The second-order valence-corrected chi connectivity index (χ2v) is 12.7. The molecule has 0 radical (unpaired) electrons. The molecule has 8 heteroatoms. The maximum absolute atomic E-state index is 14.2. The number of carboxylic acid groups (broad SMARTS) is 1. The van der Waals surface area contributed by atoms with Crippen LogP contribution in [-0.4, -0.2) is 25.4 Å². The van der Waals surface area contributed by atoms with Crippen molar-refractivity contribution < 1.29 is 28.1 Å². The predicted octanol–water partition coefficient (Wildman–Crippen LogP) is 9.12. The highest BCUT2D eigenvalue weighted by atomic mass is 79.9. The van der Waals surface area contributed by atoms with E-state index in [1.165, 1.54) is 0 Å². The molecule has 1 heterocycles. The van der Waals surface area contributed by atoms with E-state index >= 15 is 0 Å². The van der Waals surface area contributed by atoms with Gasteiger partial charge >= 0.3 is 5.97 Å². The van der Waals surface area contributed by atoms with E-state index in [2.05, 4.69) is 41.9 Å². The van der Waals surface area contributed by atoms with Crippen LogP contribution in [-0.2, 0) is 4.79 Å². The highest BCUT2D eigenvalue weighted by Gasteiger charge is 2.48. The summed E-state index contributed by atoms with van der Waals surface area (Å²) >= 11 is 3.51. The molecule has 2 aromatic carbocycles. The molecule has 3 N–H and O–H groups in total. The van der Waals surface area contributed by atoms with Crippen LogP contribution in [0.15, 0.2) is 63.4 Å². The average Bonchev–Trinajstić information content (AvgIpc) is 2.93. The van der Waals surface area contributed by atoms with Gasteiger partial charge in [-0.1, -0.05) is 63.9 Å². The Balaban J connectivity index is 2.26. The van der Waals surface area contributed by atoms with Gasteiger partial charge in [-0.3, -0.25) is 9.11 Å². The summed E-state index contributed by atoms with van der Waals surface area (Å²) in [4.78, 5) is 11.6. The Kier molecular flexibility index (Phi) is 9.30. The van der Waals surface area contributed by atoms with Crippen molar-refractivity contribution in [2.45, 2.75) is 82.3 Å². The minimum Gasteiger partial charge on any atom is -0.476 e. The zero-order chi connectivity index (χ0) is 26.7. The molecule has 2 aromatic rings. The fraction of sp³-hybridized carbons (Fsp3) is 0.464. The van der Waals surface area contributed by atoms with Crippen molar-refractivity contribution >= 4 is 32.5 Å². The summed E-state index contributed by atoms with van der Waals surface area (Å²) in [5.74, 6) is -3.34. The first-order valence-electron chi connectivity index (χ1n) is 12.5. The summed E-state index contributed by atoms with van der Waals surface area (Å²) in [5.41, 5.74) is 1.58. The van der Waals surface area contributed by atoms with Gasteiger partial charge in [-0.05, 0) is 64.7 Å². The van der Waals surface area contributed by atoms with Gasteiger partial charge in [-0.25, -0.2) is 4.79 Å². The Bertz CT molecular complexity index is 1120. The molecule has 5 nitrogen and oxygen atoms in total.